The van der Waals surface area contributed by atoms with E-state index in [1.807, 2.05) is 91.1 Å². The van der Waals surface area contributed by atoms with Gasteiger partial charge in [0.15, 0.2) is 6.04 Å². The molecular formula is C24H26ClN2O2+. The fourth-order valence-electron chi connectivity index (χ4n) is 3.31. The Morgan fingerprint density at radius 3 is 2.38 bits per heavy atom. The van der Waals surface area contributed by atoms with Crippen LogP contribution >= 0.6 is 11.6 Å². The molecule has 3 N–H and O–H groups in total. The number of halogens is 1. The predicted molar refractivity (Wildman–Crippen MR) is 117 cm³/mol. The van der Waals surface area contributed by atoms with Crippen LogP contribution in [0.2, 0.25) is 5.02 Å². The third-order valence-electron chi connectivity index (χ3n) is 4.76. The summed E-state index contributed by atoms with van der Waals surface area (Å²) in [7, 11) is 0. The summed E-state index contributed by atoms with van der Waals surface area (Å²) in [6, 6.07) is 24.5. The minimum Gasteiger partial charge on any atom is -0.492 e. The van der Waals surface area contributed by atoms with Crippen LogP contribution in [0.5, 0.6) is 5.75 Å². The maximum Gasteiger partial charge on any atom is 0.287 e. The van der Waals surface area contributed by atoms with Crippen molar-refractivity contribution in [1.82, 2.24) is 0 Å². The number of quaternary nitrogens is 1. The number of rotatable bonds is 8. The Bertz CT molecular complexity index is 946. The van der Waals surface area contributed by atoms with E-state index in [1.165, 1.54) is 0 Å². The van der Waals surface area contributed by atoms with Crippen LogP contribution in [0.1, 0.15) is 37.1 Å². The molecule has 3 rings (SSSR count). The van der Waals surface area contributed by atoms with Crippen LogP contribution in [0.15, 0.2) is 78.9 Å². The van der Waals surface area contributed by atoms with Crippen LogP contribution in [-0.4, -0.2) is 12.5 Å². The van der Waals surface area contributed by atoms with Crippen LogP contribution in [0.4, 0.5) is 5.69 Å². The molecule has 3 aromatic rings. The van der Waals surface area contributed by atoms with Gasteiger partial charge in [0, 0.05) is 16.1 Å². The third kappa shape index (κ3) is 5.37. The number of nitrogens with one attached hydrogen (secondary N) is 1. The van der Waals surface area contributed by atoms with Gasteiger partial charge in [-0.2, -0.15) is 0 Å². The Hall–Kier alpha value is -2.82. The zero-order chi connectivity index (χ0) is 20.6. The lowest BCUT2D eigenvalue weighted by atomic mass is 10.0. The molecule has 0 aliphatic rings. The second-order valence-electron chi connectivity index (χ2n) is 6.81. The SMILES string of the molecule is CCOc1ccccc1NC(=O)[C@@H]([NH2+][C@@H](C)c1ccccc1Cl)c1ccccc1. The Labute approximate surface area is 176 Å². The van der Waals surface area contributed by atoms with E-state index in [4.69, 9.17) is 16.3 Å². The fourth-order valence-corrected chi connectivity index (χ4v) is 3.62. The summed E-state index contributed by atoms with van der Waals surface area (Å²) in [4.78, 5) is 13.3. The molecule has 0 radical (unpaired) electrons. The van der Waals surface area contributed by atoms with E-state index in [1.54, 1.807) is 0 Å². The molecule has 0 saturated heterocycles. The van der Waals surface area contributed by atoms with Gasteiger partial charge >= 0.3 is 0 Å². The van der Waals surface area contributed by atoms with Crippen molar-refractivity contribution in [1.29, 1.82) is 0 Å². The number of benzene rings is 3. The van der Waals surface area contributed by atoms with Crippen LogP contribution in [0.3, 0.4) is 0 Å². The molecule has 0 fully saturated rings. The summed E-state index contributed by atoms with van der Waals surface area (Å²) in [5.74, 6) is 0.552. The highest BCUT2D eigenvalue weighted by atomic mass is 35.5. The lowest BCUT2D eigenvalue weighted by Crippen LogP contribution is -2.87. The van der Waals surface area contributed by atoms with Gasteiger partial charge in [0.1, 0.15) is 11.8 Å². The van der Waals surface area contributed by atoms with Gasteiger partial charge in [0.05, 0.1) is 12.3 Å². The molecule has 0 heterocycles. The van der Waals surface area contributed by atoms with Gasteiger partial charge in [-0.3, -0.25) is 4.79 Å². The predicted octanol–water partition coefficient (Wildman–Crippen LogP) is 4.74. The Kier molecular flexibility index (Phi) is 7.28. The minimum absolute atomic E-state index is 0.00166. The Morgan fingerprint density at radius 1 is 1.00 bits per heavy atom. The standard InChI is InChI=1S/C24H25ClN2O2/c1-3-29-22-16-10-9-15-21(22)27-24(28)23(18-11-5-4-6-12-18)26-17(2)19-13-7-8-14-20(19)25/h4-17,23,26H,3H2,1-2H3,(H,27,28)/p+1/t17-,23-/m0/s1. The lowest BCUT2D eigenvalue weighted by Gasteiger charge is -2.21. The normalized spacial score (nSPS) is 12.8. The van der Waals surface area contributed by atoms with Gasteiger partial charge in [0.2, 0.25) is 0 Å². The molecule has 0 aliphatic heterocycles. The topological polar surface area (TPSA) is 54.9 Å². The summed E-state index contributed by atoms with van der Waals surface area (Å²) in [6.07, 6.45) is 0. The number of hydrogen-bond acceptors (Lipinski definition) is 2. The van der Waals surface area contributed by atoms with Crippen LogP contribution in [-0.2, 0) is 4.79 Å². The Morgan fingerprint density at radius 2 is 1.66 bits per heavy atom. The molecule has 1 amide bonds. The zero-order valence-electron chi connectivity index (χ0n) is 16.6. The molecule has 3 aromatic carbocycles. The molecular weight excluding hydrogens is 384 g/mol. The van der Waals surface area contributed by atoms with Crippen LogP contribution in [0, 0.1) is 0 Å². The average Bonchev–Trinajstić information content (AvgIpc) is 2.74. The van der Waals surface area contributed by atoms with Crippen molar-refractivity contribution in [3.05, 3.63) is 95.0 Å². The molecule has 0 unspecified atom stereocenters. The highest BCUT2D eigenvalue weighted by molar-refractivity contribution is 6.31. The summed E-state index contributed by atoms with van der Waals surface area (Å²) < 4.78 is 5.65. The molecule has 2 atom stereocenters. The van der Waals surface area contributed by atoms with Crippen molar-refractivity contribution in [2.75, 3.05) is 11.9 Å². The molecule has 0 spiro atoms. The molecule has 0 aliphatic carbocycles. The highest BCUT2D eigenvalue weighted by Gasteiger charge is 2.28. The van der Waals surface area contributed by atoms with Crippen LogP contribution in [0.25, 0.3) is 0 Å². The van der Waals surface area contributed by atoms with Crippen molar-refractivity contribution in [2.24, 2.45) is 0 Å². The maximum absolute atomic E-state index is 13.3. The van der Waals surface area contributed by atoms with Crippen molar-refractivity contribution in [3.8, 4) is 5.75 Å². The molecule has 5 heteroatoms. The summed E-state index contributed by atoms with van der Waals surface area (Å²) >= 11 is 6.38. The first-order chi connectivity index (χ1) is 14.1. The van der Waals surface area contributed by atoms with Gasteiger partial charge < -0.3 is 15.4 Å². The van der Waals surface area contributed by atoms with Gasteiger partial charge in [-0.1, -0.05) is 72.3 Å². The van der Waals surface area contributed by atoms with E-state index in [0.717, 1.165) is 11.1 Å². The molecule has 0 aromatic heterocycles. The maximum atomic E-state index is 13.3. The lowest BCUT2D eigenvalue weighted by molar-refractivity contribution is -0.718. The quantitative estimate of drug-likeness (QED) is 0.564. The number of carbonyl (C=O) groups excluding carboxylic acids is 1. The first kappa shape index (κ1) is 20.9. The second-order valence-corrected chi connectivity index (χ2v) is 7.22. The molecule has 4 nitrogen and oxygen atoms in total. The van der Waals surface area contributed by atoms with Gasteiger partial charge in [0.25, 0.3) is 5.91 Å². The monoisotopic (exact) mass is 409 g/mol. The average molecular weight is 410 g/mol. The number of para-hydroxylation sites is 2. The number of hydrogen-bond donors (Lipinski definition) is 2. The van der Waals surface area contributed by atoms with Crippen LogP contribution < -0.4 is 15.4 Å². The fraction of sp³-hybridized carbons (Fsp3) is 0.208. The van der Waals surface area contributed by atoms with Gasteiger partial charge in [-0.25, -0.2) is 0 Å². The Balaban J connectivity index is 1.86. The summed E-state index contributed by atoms with van der Waals surface area (Å²) in [5.41, 5.74) is 2.59. The number of carbonyl (C=O) groups is 1. The molecule has 29 heavy (non-hydrogen) atoms. The van der Waals surface area contributed by atoms with Crippen molar-refractivity contribution >= 4 is 23.2 Å². The largest absolute Gasteiger partial charge is 0.492 e. The van der Waals surface area contributed by atoms with E-state index in [-0.39, 0.29) is 11.9 Å². The molecule has 0 bridgehead atoms. The van der Waals surface area contributed by atoms with Gasteiger partial charge in [-0.05, 0) is 32.0 Å². The number of nitrogens with two attached hydrogens (primary N) is 1. The van der Waals surface area contributed by atoms with E-state index in [2.05, 4.69) is 12.2 Å². The first-order valence-electron chi connectivity index (χ1n) is 9.77. The van der Waals surface area contributed by atoms with Crippen molar-refractivity contribution < 1.29 is 14.8 Å². The minimum atomic E-state index is -0.433. The number of ether oxygens (including phenoxy) is 1. The van der Waals surface area contributed by atoms with Crippen molar-refractivity contribution in [3.63, 3.8) is 0 Å². The second kappa shape index (κ2) is 10.1. The van der Waals surface area contributed by atoms with E-state index < -0.39 is 6.04 Å². The first-order valence-corrected chi connectivity index (χ1v) is 10.1. The third-order valence-corrected chi connectivity index (χ3v) is 5.11. The summed E-state index contributed by atoms with van der Waals surface area (Å²) in [5, 5.41) is 5.77. The zero-order valence-corrected chi connectivity index (χ0v) is 17.4. The van der Waals surface area contributed by atoms with E-state index >= 15 is 0 Å². The van der Waals surface area contributed by atoms with Crippen molar-refractivity contribution in [2.45, 2.75) is 25.9 Å². The highest BCUT2D eigenvalue weighted by Crippen LogP contribution is 2.25. The number of amides is 1. The van der Waals surface area contributed by atoms with E-state index in [0.29, 0.717) is 23.1 Å². The number of anilines is 1. The molecule has 150 valence electrons. The van der Waals surface area contributed by atoms with Gasteiger partial charge in [-0.15, -0.1) is 0 Å². The molecule has 0 saturated carbocycles. The smallest absolute Gasteiger partial charge is 0.287 e. The summed E-state index contributed by atoms with van der Waals surface area (Å²) in [6.45, 7) is 4.51. The van der Waals surface area contributed by atoms with E-state index in [9.17, 15) is 4.79 Å².